The second-order valence-corrected chi connectivity index (χ2v) is 5.64. The number of hydrogen-bond donors (Lipinski definition) is 1. The van der Waals surface area contributed by atoms with Gasteiger partial charge in [-0.1, -0.05) is 63.9 Å². The summed E-state index contributed by atoms with van der Waals surface area (Å²) in [5, 5.41) is 13.7. The largest absolute Gasteiger partial charge is 0.364 e. The summed E-state index contributed by atoms with van der Waals surface area (Å²) in [6.45, 7) is 0.688. The van der Waals surface area contributed by atoms with E-state index in [1.165, 1.54) is 5.56 Å². The molecule has 0 spiro atoms. The highest BCUT2D eigenvalue weighted by Gasteiger charge is 2.06. The molecule has 3 nitrogen and oxygen atoms in total. The normalized spacial score (nSPS) is 10.7. The Kier molecular flexibility index (Phi) is 3.85. The highest BCUT2D eigenvalue weighted by Crippen LogP contribution is 2.25. The van der Waals surface area contributed by atoms with E-state index in [-0.39, 0.29) is 0 Å². The number of nitrogens with zero attached hydrogens (tertiary/aromatic N) is 2. The fourth-order valence-electron chi connectivity index (χ4n) is 1.99. The molecule has 2 aromatic carbocycles. The molecule has 3 aromatic rings. The first-order valence-corrected chi connectivity index (χ1v) is 7.30. The molecular weight excluding hydrogens is 338 g/mol. The highest BCUT2D eigenvalue weighted by atomic mass is 79.9. The smallest absolute Gasteiger partial charge is 0.159 e. The first-order chi connectivity index (χ1) is 9.74. The Labute approximate surface area is 130 Å². The summed E-state index contributed by atoms with van der Waals surface area (Å²) in [6, 6.07) is 16.0. The van der Waals surface area contributed by atoms with Crippen LogP contribution in [0.5, 0.6) is 0 Å². The molecular formula is C15H11BrClN3. The van der Waals surface area contributed by atoms with E-state index >= 15 is 0 Å². The maximum atomic E-state index is 6.06. The molecule has 1 aromatic heterocycles. The summed E-state index contributed by atoms with van der Waals surface area (Å²) >= 11 is 9.48. The zero-order valence-electron chi connectivity index (χ0n) is 10.5. The van der Waals surface area contributed by atoms with Crippen molar-refractivity contribution in [1.29, 1.82) is 0 Å². The van der Waals surface area contributed by atoms with E-state index in [9.17, 15) is 0 Å². The Bertz CT molecular complexity index is 744. The number of benzene rings is 2. The molecule has 1 N–H and O–H groups in total. The minimum absolute atomic E-state index is 0.426. The summed E-state index contributed by atoms with van der Waals surface area (Å²) in [5.74, 6) is 0.743. The average molecular weight is 349 g/mol. The molecule has 0 amide bonds. The predicted molar refractivity (Wildman–Crippen MR) is 86.0 cm³/mol. The van der Waals surface area contributed by atoms with Crippen molar-refractivity contribution in [1.82, 2.24) is 10.2 Å². The maximum Gasteiger partial charge on any atom is 0.159 e. The summed E-state index contributed by atoms with van der Waals surface area (Å²) in [5.41, 5.74) is 1.18. The molecule has 1 heterocycles. The van der Waals surface area contributed by atoms with E-state index < -0.39 is 0 Å². The minimum atomic E-state index is 0.426. The lowest BCUT2D eigenvalue weighted by molar-refractivity contribution is 1.02. The van der Waals surface area contributed by atoms with Crippen molar-refractivity contribution in [2.24, 2.45) is 0 Å². The minimum Gasteiger partial charge on any atom is -0.364 e. The van der Waals surface area contributed by atoms with Gasteiger partial charge in [0, 0.05) is 21.8 Å². The lowest BCUT2D eigenvalue weighted by atomic mass is 10.2. The quantitative estimate of drug-likeness (QED) is 0.748. The second-order valence-electron chi connectivity index (χ2n) is 4.37. The van der Waals surface area contributed by atoms with Gasteiger partial charge in [0.25, 0.3) is 0 Å². The van der Waals surface area contributed by atoms with Crippen LogP contribution in [0, 0.1) is 0 Å². The fraction of sp³-hybridized carbons (Fsp3) is 0.0667. The third-order valence-corrected chi connectivity index (χ3v) is 3.82. The molecule has 100 valence electrons. The van der Waals surface area contributed by atoms with Gasteiger partial charge in [0.15, 0.2) is 11.0 Å². The van der Waals surface area contributed by atoms with Gasteiger partial charge in [-0.3, -0.25) is 0 Å². The molecule has 0 saturated heterocycles. The van der Waals surface area contributed by atoms with E-state index in [1.807, 2.05) is 36.4 Å². The van der Waals surface area contributed by atoms with Crippen LogP contribution in [-0.2, 0) is 6.54 Å². The van der Waals surface area contributed by atoms with Gasteiger partial charge in [-0.15, -0.1) is 10.2 Å². The van der Waals surface area contributed by atoms with E-state index in [0.717, 1.165) is 21.1 Å². The first-order valence-electron chi connectivity index (χ1n) is 6.13. The van der Waals surface area contributed by atoms with Crippen molar-refractivity contribution < 1.29 is 0 Å². The number of hydrogen-bond acceptors (Lipinski definition) is 3. The van der Waals surface area contributed by atoms with Crippen molar-refractivity contribution in [3.63, 3.8) is 0 Å². The Morgan fingerprint density at radius 2 is 1.65 bits per heavy atom. The molecule has 0 saturated carbocycles. The fourth-order valence-corrected chi connectivity index (χ4v) is 2.46. The van der Waals surface area contributed by atoms with E-state index in [1.54, 1.807) is 0 Å². The zero-order chi connectivity index (χ0) is 13.9. The van der Waals surface area contributed by atoms with Crippen LogP contribution in [0.25, 0.3) is 10.8 Å². The number of halogens is 2. The molecule has 0 bridgehead atoms. The van der Waals surface area contributed by atoms with E-state index in [0.29, 0.717) is 11.7 Å². The van der Waals surface area contributed by atoms with E-state index in [2.05, 4.69) is 43.6 Å². The van der Waals surface area contributed by atoms with Crippen LogP contribution >= 0.6 is 27.5 Å². The van der Waals surface area contributed by atoms with Crippen LogP contribution in [0.2, 0.25) is 5.15 Å². The third-order valence-electron chi connectivity index (χ3n) is 3.02. The molecule has 0 aliphatic heterocycles. The second kappa shape index (κ2) is 5.77. The van der Waals surface area contributed by atoms with Gasteiger partial charge in [0.05, 0.1) is 0 Å². The summed E-state index contributed by atoms with van der Waals surface area (Å²) in [4.78, 5) is 0. The summed E-state index contributed by atoms with van der Waals surface area (Å²) in [6.07, 6.45) is 0. The number of rotatable bonds is 3. The van der Waals surface area contributed by atoms with E-state index in [4.69, 9.17) is 11.6 Å². The Balaban J connectivity index is 1.88. The standard InChI is InChI=1S/C15H11BrClN3/c16-11-7-5-10(6-8-11)9-18-15-13-4-2-1-3-12(13)14(17)19-20-15/h1-8H,9H2,(H,18,20). The van der Waals surface area contributed by atoms with Gasteiger partial charge in [-0.25, -0.2) is 0 Å². The van der Waals surface area contributed by atoms with Crippen LogP contribution in [0.1, 0.15) is 5.56 Å². The molecule has 0 aliphatic rings. The Hall–Kier alpha value is -1.65. The van der Waals surface area contributed by atoms with Gasteiger partial charge < -0.3 is 5.32 Å². The van der Waals surface area contributed by atoms with Crippen LogP contribution < -0.4 is 5.32 Å². The van der Waals surface area contributed by atoms with Crippen molar-refractivity contribution in [3.05, 3.63) is 63.7 Å². The van der Waals surface area contributed by atoms with Crippen molar-refractivity contribution >= 4 is 44.1 Å². The van der Waals surface area contributed by atoms with Crippen molar-refractivity contribution in [3.8, 4) is 0 Å². The monoisotopic (exact) mass is 347 g/mol. The number of aromatic nitrogens is 2. The molecule has 0 atom stereocenters. The number of anilines is 1. The van der Waals surface area contributed by atoms with Gasteiger partial charge in [0.1, 0.15) is 0 Å². The van der Waals surface area contributed by atoms with Crippen molar-refractivity contribution in [2.45, 2.75) is 6.54 Å². The molecule has 0 unspecified atom stereocenters. The molecule has 0 radical (unpaired) electrons. The Morgan fingerprint density at radius 1 is 0.950 bits per heavy atom. The number of fused-ring (bicyclic) bond motifs is 1. The maximum absolute atomic E-state index is 6.06. The molecule has 3 rings (SSSR count). The topological polar surface area (TPSA) is 37.8 Å². The zero-order valence-corrected chi connectivity index (χ0v) is 12.8. The van der Waals surface area contributed by atoms with Crippen LogP contribution in [0.15, 0.2) is 53.0 Å². The average Bonchev–Trinajstić information content (AvgIpc) is 2.49. The van der Waals surface area contributed by atoms with Gasteiger partial charge >= 0.3 is 0 Å². The van der Waals surface area contributed by atoms with Gasteiger partial charge in [-0.2, -0.15) is 0 Å². The van der Waals surface area contributed by atoms with Crippen LogP contribution in [0.4, 0.5) is 5.82 Å². The van der Waals surface area contributed by atoms with Crippen LogP contribution in [0.3, 0.4) is 0 Å². The van der Waals surface area contributed by atoms with Crippen molar-refractivity contribution in [2.75, 3.05) is 5.32 Å². The molecule has 5 heteroatoms. The molecule has 20 heavy (non-hydrogen) atoms. The predicted octanol–water partition coefficient (Wildman–Crippen LogP) is 4.66. The lowest BCUT2D eigenvalue weighted by Gasteiger charge is -2.09. The molecule has 0 aliphatic carbocycles. The summed E-state index contributed by atoms with van der Waals surface area (Å²) in [7, 11) is 0. The van der Waals surface area contributed by atoms with Gasteiger partial charge in [0.2, 0.25) is 0 Å². The summed E-state index contributed by atoms with van der Waals surface area (Å²) < 4.78 is 1.07. The number of nitrogens with one attached hydrogen (secondary N) is 1. The van der Waals surface area contributed by atoms with Crippen LogP contribution in [-0.4, -0.2) is 10.2 Å². The third kappa shape index (κ3) is 2.76. The highest BCUT2D eigenvalue weighted by molar-refractivity contribution is 9.10. The SMILES string of the molecule is Clc1nnc(NCc2ccc(Br)cc2)c2ccccc12. The van der Waals surface area contributed by atoms with Gasteiger partial charge in [-0.05, 0) is 17.7 Å². The first kappa shape index (κ1) is 13.3. The Morgan fingerprint density at radius 3 is 2.40 bits per heavy atom. The molecule has 0 fully saturated rings. The lowest BCUT2D eigenvalue weighted by Crippen LogP contribution is -2.03.